The summed E-state index contributed by atoms with van der Waals surface area (Å²) in [6, 6.07) is 5.35. The van der Waals surface area contributed by atoms with E-state index in [-0.39, 0.29) is 6.79 Å². The van der Waals surface area contributed by atoms with Crippen LogP contribution in [-0.4, -0.2) is 34.0 Å². The molecule has 1 aliphatic rings. The molecular formula is C13H11N5O3. The number of hydrogen-bond donors (Lipinski definition) is 2. The molecule has 0 saturated heterocycles. The SMILES string of the molecule is CNc1nc(Oc2ccc3c(c2)OCO3)c2cn[nH]c2n1. The zero-order valence-electron chi connectivity index (χ0n) is 11.1. The van der Waals surface area contributed by atoms with Crippen molar-refractivity contribution in [2.75, 3.05) is 19.2 Å². The van der Waals surface area contributed by atoms with Crippen LogP contribution in [0.25, 0.3) is 11.0 Å². The number of hydrogen-bond acceptors (Lipinski definition) is 7. The number of anilines is 1. The highest BCUT2D eigenvalue weighted by atomic mass is 16.7. The highest BCUT2D eigenvalue weighted by Gasteiger charge is 2.16. The lowest BCUT2D eigenvalue weighted by Gasteiger charge is -2.07. The molecule has 0 radical (unpaired) electrons. The Hall–Kier alpha value is -3.03. The zero-order chi connectivity index (χ0) is 14.2. The van der Waals surface area contributed by atoms with Crippen molar-refractivity contribution in [3.8, 4) is 23.1 Å². The number of nitrogens with zero attached hydrogens (tertiary/aromatic N) is 3. The van der Waals surface area contributed by atoms with Gasteiger partial charge in [0.05, 0.1) is 6.20 Å². The van der Waals surface area contributed by atoms with Gasteiger partial charge in [-0.1, -0.05) is 0 Å². The third kappa shape index (κ3) is 1.97. The first-order valence-electron chi connectivity index (χ1n) is 6.30. The summed E-state index contributed by atoms with van der Waals surface area (Å²) in [5.74, 6) is 2.82. The van der Waals surface area contributed by atoms with E-state index in [1.165, 1.54) is 0 Å². The van der Waals surface area contributed by atoms with Gasteiger partial charge in [0.1, 0.15) is 11.1 Å². The smallest absolute Gasteiger partial charge is 0.235 e. The number of ether oxygens (including phenoxy) is 3. The van der Waals surface area contributed by atoms with Gasteiger partial charge in [-0.3, -0.25) is 5.10 Å². The van der Waals surface area contributed by atoms with Crippen molar-refractivity contribution in [1.29, 1.82) is 0 Å². The lowest BCUT2D eigenvalue weighted by Crippen LogP contribution is -1.99. The summed E-state index contributed by atoms with van der Waals surface area (Å²) in [6.45, 7) is 0.224. The lowest BCUT2D eigenvalue weighted by atomic mass is 10.3. The van der Waals surface area contributed by atoms with Gasteiger partial charge in [0.25, 0.3) is 0 Å². The Morgan fingerprint density at radius 1 is 1.24 bits per heavy atom. The molecule has 0 fully saturated rings. The summed E-state index contributed by atoms with van der Waals surface area (Å²) in [4.78, 5) is 8.55. The number of aromatic amines is 1. The van der Waals surface area contributed by atoms with Gasteiger partial charge in [-0.2, -0.15) is 15.1 Å². The number of benzene rings is 1. The minimum atomic E-state index is 0.224. The van der Waals surface area contributed by atoms with E-state index in [9.17, 15) is 0 Å². The van der Waals surface area contributed by atoms with E-state index in [2.05, 4.69) is 25.5 Å². The van der Waals surface area contributed by atoms with Crippen LogP contribution in [0.3, 0.4) is 0 Å². The van der Waals surface area contributed by atoms with Crippen LogP contribution in [-0.2, 0) is 0 Å². The van der Waals surface area contributed by atoms with Crippen LogP contribution in [0.1, 0.15) is 0 Å². The predicted molar refractivity (Wildman–Crippen MR) is 73.9 cm³/mol. The van der Waals surface area contributed by atoms with Gasteiger partial charge in [-0.15, -0.1) is 0 Å². The van der Waals surface area contributed by atoms with Gasteiger partial charge >= 0.3 is 0 Å². The molecule has 8 heteroatoms. The molecule has 4 rings (SSSR count). The van der Waals surface area contributed by atoms with Crippen molar-refractivity contribution in [3.05, 3.63) is 24.4 Å². The first-order chi connectivity index (χ1) is 10.3. The Balaban J connectivity index is 1.75. The normalized spacial score (nSPS) is 12.6. The van der Waals surface area contributed by atoms with E-state index < -0.39 is 0 Å². The van der Waals surface area contributed by atoms with Crippen LogP contribution < -0.4 is 19.5 Å². The fourth-order valence-corrected chi connectivity index (χ4v) is 2.05. The molecule has 1 aliphatic heterocycles. The Bertz CT molecular complexity index is 817. The first-order valence-corrected chi connectivity index (χ1v) is 6.30. The minimum absolute atomic E-state index is 0.224. The van der Waals surface area contributed by atoms with Crippen molar-refractivity contribution in [2.24, 2.45) is 0 Å². The molecule has 0 saturated carbocycles. The molecule has 0 aliphatic carbocycles. The average Bonchev–Trinajstić information content (AvgIpc) is 3.14. The monoisotopic (exact) mass is 285 g/mol. The second kappa shape index (κ2) is 4.51. The largest absolute Gasteiger partial charge is 0.454 e. The molecule has 8 nitrogen and oxygen atoms in total. The standard InChI is InChI=1S/C13H11N5O3/c1-14-13-16-11-8(5-15-18-11)12(17-13)21-7-2-3-9-10(4-7)20-6-19-9/h2-5H,6H2,1H3,(H2,14,15,16,17,18). The second-order valence-corrected chi connectivity index (χ2v) is 4.35. The molecule has 2 N–H and O–H groups in total. The Morgan fingerprint density at radius 2 is 2.14 bits per heavy atom. The van der Waals surface area contributed by atoms with Crippen molar-refractivity contribution in [1.82, 2.24) is 20.2 Å². The molecule has 0 amide bonds. The molecule has 1 aromatic carbocycles. The Kier molecular flexibility index (Phi) is 2.53. The summed E-state index contributed by atoms with van der Waals surface area (Å²) in [5, 5.41) is 10.3. The minimum Gasteiger partial charge on any atom is -0.454 e. The van der Waals surface area contributed by atoms with E-state index in [0.717, 1.165) is 0 Å². The maximum absolute atomic E-state index is 5.83. The lowest BCUT2D eigenvalue weighted by molar-refractivity contribution is 0.174. The third-order valence-electron chi connectivity index (χ3n) is 3.06. The van der Waals surface area contributed by atoms with E-state index >= 15 is 0 Å². The van der Waals surface area contributed by atoms with E-state index in [0.29, 0.717) is 40.1 Å². The van der Waals surface area contributed by atoms with Crippen molar-refractivity contribution in [2.45, 2.75) is 0 Å². The quantitative estimate of drug-likeness (QED) is 0.759. The van der Waals surface area contributed by atoms with Crippen LogP contribution >= 0.6 is 0 Å². The molecule has 0 spiro atoms. The molecule has 2 aromatic heterocycles. The van der Waals surface area contributed by atoms with Crippen LogP contribution in [0.15, 0.2) is 24.4 Å². The molecular weight excluding hydrogens is 274 g/mol. The predicted octanol–water partition coefficient (Wildman–Crippen LogP) is 1.92. The summed E-state index contributed by atoms with van der Waals surface area (Å²) in [7, 11) is 1.74. The number of H-pyrrole nitrogens is 1. The zero-order valence-corrected chi connectivity index (χ0v) is 11.1. The Morgan fingerprint density at radius 3 is 3.05 bits per heavy atom. The number of fused-ring (bicyclic) bond motifs is 2. The summed E-state index contributed by atoms with van der Waals surface area (Å²) in [6.07, 6.45) is 1.62. The molecule has 0 atom stereocenters. The van der Waals surface area contributed by atoms with Gasteiger partial charge in [0.2, 0.25) is 18.6 Å². The van der Waals surface area contributed by atoms with Crippen LogP contribution in [0, 0.1) is 0 Å². The summed E-state index contributed by atoms with van der Waals surface area (Å²) >= 11 is 0. The van der Waals surface area contributed by atoms with Crippen LogP contribution in [0.4, 0.5) is 5.95 Å². The highest BCUT2D eigenvalue weighted by molar-refractivity contribution is 5.80. The molecule has 0 bridgehead atoms. The van der Waals surface area contributed by atoms with Crippen molar-refractivity contribution < 1.29 is 14.2 Å². The number of aromatic nitrogens is 4. The highest BCUT2D eigenvalue weighted by Crippen LogP contribution is 2.37. The number of rotatable bonds is 3. The fourth-order valence-electron chi connectivity index (χ4n) is 2.05. The van der Waals surface area contributed by atoms with E-state index in [1.54, 1.807) is 31.4 Å². The molecule has 106 valence electrons. The van der Waals surface area contributed by atoms with Gasteiger partial charge < -0.3 is 19.5 Å². The average molecular weight is 285 g/mol. The van der Waals surface area contributed by atoms with Gasteiger partial charge in [0, 0.05) is 13.1 Å². The molecule has 21 heavy (non-hydrogen) atoms. The Labute approximate surface area is 119 Å². The molecule has 3 heterocycles. The maximum atomic E-state index is 5.83. The van der Waals surface area contributed by atoms with Crippen molar-refractivity contribution >= 4 is 17.0 Å². The van der Waals surface area contributed by atoms with Gasteiger partial charge in [0.15, 0.2) is 17.1 Å². The van der Waals surface area contributed by atoms with Crippen LogP contribution in [0.2, 0.25) is 0 Å². The topological polar surface area (TPSA) is 94.2 Å². The first kappa shape index (κ1) is 11.8. The third-order valence-corrected chi connectivity index (χ3v) is 3.06. The summed E-state index contributed by atoms with van der Waals surface area (Å²) < 4.78 is 16.4. The fraction of sp³-hybridized carbons (Fsp3) is 0.154. The molecule has 3 aromatic rings. The van der Waals surface area contributed by atoms with E-state index in [1.807, 2.05) is 0 Å². The molecule has 0 unspecified atom stereocenters. The summed E-state index contributed by atoms with van der Waals surface area (Å²) in [5.41, 5.74) is 0.602. The number of nitrogens with one attached hydrogen (secondary N) is 2. The van der Waals surface area contributed by atoms with Gasteiger partial charge in [-0.25, -0.2) is 0 Å². The maximum Gasteiger partial charge on any atom is 0.235 e. The van der Waals surface area contributed by atoms with Crippen LogP contribution in [0.5, 0.6) is 23.1 Å². The van der Waals surface area contributed by atoms with Gasteiger partial charge in [-0.05, 0) is 12.1 Å². The van der Waals surface area contributed by atoms with Crippen molar-refractivity contribution in [3.63, 3.8) is 0 Å². The van der Waals surface area contributed by atoms with E-state index in [4.69, 9.17) is 14.2 Å². The second-order valence-electron chi connectivity index (χ2n) is 4.35.